The van der Waals surface area contributed by atoms with E-state index >= 15 is 0 Å². The van der Waals surface area contributed by atoms with Crippen LogP contribution in [-0.4, -0.2) is 27.3 Å². The van der Waals surface area contributed by atoms with Crippen molar-refractivity contribution in [3.63, 3.8) is 0 Å². The van der Waals surface area contributed by atoms with Gasteiger partial charge in [-0.2, -0.15) is 0 Å². The quantitative estimate of drug-likeness (QED) is 0.840. The topological polar surface area (TPSA) is 55.4 Å². The first-order valence-electron chi connectivity index (χ1n) is 7.67. The molecule has 0 bridgehead atoms. The van der Waals surface area contributed by atoms with E-state index in [2.05, 4.69) is 5.32 Å². The number of sulfone groups is 1. The van der Waals surface area contributed by atoms with Crippen LogP contribution in [0.15, 0.2) is 53.4 Å². The number of hydrogen-bond acceptors (Lipinski definition) is 4. The first-order chi connectivity index (χ1) is 10.9. The summed E-state index contributed by atoms with van der Waals surface area (Å²) in [4.78, 5) is 0.311. The molecule has 0 amide bonds. The van der Waals surface area contributed by atoms with Gasteiger partial charge < -0.3 is 10.1 Å². The van der Waals surface area contributed by atoms with Gasteiger partial charge in [-0.3, -0.25) is 0 Å². The zero-order valence-corrected chi connectivity index (χ0v) is 14.6. The molecule has 0 aliphatic rings. The molecular formula is C18H23NO3S. The Labute approximate surface area is 138 Å². The minimum Gasteiger partial charge on any atom is -0.488 e. The molecule has 2 aromatic carbocycles. The maximum atomic E-state index is 11.8. The molecule has 0 saturated carbocycles. The summed E-state index contributed by atoms with van der Waals surface area (Å²) in [5.74, 6) is 0.859. The molecular weight excluding hydrogens is 310 g/mol. The van der Waals surface area contributed by atoms with Gasteiger partial charge in [-0.1, -0.05) is 37.3 Å². The van der Waals surface area contributed by atoms with Crippen LogP contribution < -0.4 is 10.1 Å². The highest BCUT2D eigenvalue weighted by atomic mass is 32.2. The van der Waals surface area contributed by atoms with Crippen molar-refractivity contribution in [1.82, 2.24) is 0 Å². The Morgan fingerprint density at radius 2 is 1.74 bits per heavy atom. The third-order valence-corrected chi connectivity index (χ3v) is 4.80. The highest BCUT2D eigenvalue weighted by Crippen LogP contribution is 2.22. The monoisotopic (exact) mass is 333 g/mol. The highest BCUT2D eigenvalue weighted by molar-refractivity contribution is 7.90. The summed E-state index contributed by atoms with van der Waals surface area (Å²) < 4.78 is 29.7. The van der Waals surface area contributed by atoms with Crippen molar-refractivity contribution in [2.75, 3.05) is 18.1 Å². The number of para-hydroxylation sites is 2. The van der Waals surface area contributed by atoms with Gasteiger partial charge in [0.15, 0.2) is 9.84 Å². The molecule has 0 aromatic heterocycles. The van der Waals surface area contributed by atoms with Crippen LogP contribution in [0.1, 0.15) is 18.9 Å². The van der Waals surface area contributed by atoms with Crippen molar-refractivity contribution in [1.29, 1.82) is 0 Å². The highest BCUT2D eigenvalue weighted by Gasteiger charge is 2.14. The van der Waals surface area contributed by atoms with E-state index in [0.717, 1.165) is 17.7 Å². The van der Waals surface area contributed by atoms with Gasteiger partial charge in [0, 0.05) is 6.26 Å². The molecule has 2 aromatic rings. The molecule has 0 heterocycles. The maximum absolute atomic E-state index is 11.8. The molecule has 0 spiro atoms. The van der Waals surface area contributed by atoms with Crippen LogP contribution in [0.2, 0.25) is 0 Å². The van der Waals surface area contributed by atoms with Gasteiger partial charge in [0.05, 0.1) is 17.1 Å². The number of anilines is 1. The number of hydrogen-bond donors (Lipinski definition) is 1. The standard InChI is InChI=1S/C18H23NO3S/c1-4-15(22-17-11-7-5-9-14(17)2)13-19-16-10-6-8-12-18(16)23(3,20)21/h5-12,15,19H,4,13H2,1-3H3. The van der Waals surface area contributed by atoms with E-state index in [9.17, 15) is 8.42 Å². The number of rotatable bonds is 7. The fourth-order valence-electron chi connectivity index (χ4n) is 2.30. The molecule has 1 unspecified atom stereocenters. The van der Waals surface area contributed by atoms with Crippen molar-refractivity contribution in [3.05, 3.63) is 54.1 Å². The van der Waals surface area contributed by atoms with E-state index in [4.69, 9.17) is 4.74 Å². The number of ether oxygens (including phenoxy) is 1. The summed E-state index contributed by atoms with van der Waals surface area (Å²) in [6.07, 6.45) is 2.00. The predicted octanol–water partition coefficient (Wildman–Crippen LogP) is 3.67. The molecule has 0 fully saturated rings. The summed E-state index contributed by atoms with van der Waals surface area (Å²) in [5.41, 5.74) is 1.70. The van der Waals surface area contributed by atoms with Crippen molar-refractivity contribution in [2.45, 2.75) is 31.3 Å². The second-order valence-electron chi connectivity index (χ2n) is 5.56. The van der Waals surface area contributed by atoms with Crippen molar-refractivity contribution in [2.24, 2.45) is 0 Å². The third kappa shape index (κ3) is 4.73. The summed E-state index contributed by atoms with van der Waals surface area (Å²) >= 11 is 0. The molecule has 23 heavy (non-hydrogen) atoms. The average Bonchev–Trinajstić information content (AvgIpc) is 2.52. The minimum atomic E-state index is -3.26. The Morgan fingerprint density at radius 3 is 2.39 bits per heavy atom. The summed E-state index contributed by atoms with van der Waals surface area (Å²) in [5, 5.41) is 3.21. The summed E-state index contributed by atoms with van der Waals surface area (Å²) in [7, 11) is -3.26. The van der Waals surface area contributed by atoms with Crippen LogP contribution in [0.4, 0.5) is 5.69 Å². The minimum absolute atomic E-state index is 0.0382. The Balaban J connectivity index is 2.09. The van der Waals surface area contributed by atoms with E-state index < -0.39 is 9.84 Å². The molecule has 1 atom stereocenters. The van der Waals surface area contributed by atoms with Crippen LogP contribution in [0.3, 0.4) is 0 Å². The van der Waals surface area contributed by atoms with Crippen molar-refractivity contribution in [3.8, 4) is 5.75 Å². The van der Waals surface area contributed by atoms with E-state index in [1.807, 2.05) is 44.2 Å². The van der Waals surface area contributed by atoms with Crippen LogP contribution in [-0.2, 0) is 9.84 Å². The SMILES string of the molecule is CCC(CNc1ccccc1S(C)(=O)=O)Oc1ccccc1C. The lowest BCUT2D eigenvalue weighted by molar-refractivity contribution is 0.208. The van der Waals surface area contributed by atoms with Gasteiger partial charge >= 0.3 is 0 Å². The Hall–Kier alpha value is -2.01. The molecule has 0 radical (unpaired) electrons. The zero-order valence-electron chi connectivity index (χ0n) is 13.7. The van der Waals surface area contributed by atoms with Crippen LogP contribution in [0, 0.1) is 6.92 Å². The number of nitrogens with one attached hydrogen (secondary N) is 1. The van der Waals surface area contributed by atoms with Gasteiger partial charge in [0.1, 0.15) is 11.9 Å². The van der Waals surface area contributed by atoms with Gasteiger partial charge in [0.25, 0.3) is 0 Å². The first-order valence-corrected chi connectivity index (χ1v) is 9.56. The lowest BCUT2D eigenvalue weighted by Crippen LogP contribution is -2.26. The van der Waals surface area contributed by atoms with Gasteiger partial charge in [0.2, 0.25) is 0 Å². The van der Waals surface area contributed by atoms with E-state index in [1.165, 1.54) is 6.26 Å². The van der Waals surface area contributed by atoms with Gasteiger partial charge in [-0.25, -0.2) is 8.42 Å². The van der Waals surface area contributed by atoms with Gasteiger partial charge in [-0.15, -0.1) is 0 Å². The largest absolute Gasteiger partial charge is 0.488 e. The molecule has 0 saturated heterocycles. The fourth-order valence-corrected chi connectivity index (χ4v) is 3.16. The third-order valence-electron chi connectivity index (χ3n) is 3.65. The molecule has 2 rings (SSSR count). The molecule has 5 heteroatoms. The molecule has 0 aliphatic carbocycles. The maximum Gasteiger partial charge on any atom is 0.177 e. The van der Waals surface area contributed by atoms with E-state index in [1.54, 1.807) is 18.2 Å². The smallest absolute Gasteiger partial charge is 0.177 e. The van der Waals surface area contributed by atoms with Crippen LogP contribution in [0.5, 0.6) is 5.75 Å². The predicted molar refractivity (Wildman–Crippen MR) is 93.9 cm³/mol. The average molecular weight is 333 g/mol. The van der Waals surface area contributed by atoms with E-state index in [-0.39, 0.29) is 6.10 Å². The van der Waals surface area contributed by atoms with Crippen LogP contribution in [0.25, 0.3) is 0 Å². The first kappa shape index (κ1) is 17.3. The second kappa shape index (κ2) is 7.51. The molecule has 4 nitrogen and oxygen atoms in total. The molecule has 1 N–H and O–H groups in total. The molecule has 124 valence electrons. The number of aryl methyl sites for hydroxylation is 1. The lowest BCUT2D eigenvalue weighted by Gasteiger charge is -2.20. The molecule has 0 aliphatic heterocycles. The van der Waals surface area contributed by atoms with Crippen molar-refractivity contribution >= 4 is 15.5 Å². The van der Waals surface area contributed by atoms with E-state index in [0.29, 0.717) is 17.1 Å². The Morgan fingerprint density at radius 1 is 1.09 bits per heavy atom. The second-order valence-corrected chi connectivity index (χ2v) is 7.55. The van der Waals surface area contributed by atoms with Crippen molar-refractivity contribution < 1.29 is 13.2 Å². The number of benzene rings is 2. The fraction of sp³-hybridized carbons (Fsp3) is 0.333. The normalized spacial score (nSPS) is 12.7. The summed E-state index contributed by atoms with van der Waals surface area (Å²) in [6, 6.07) is 14.8. The van der Waals surface area contributed by atoms with Crippen LogP contribution >= 0.6 is 0 Å². The van der Waals surface area contributed by atoms with Gasteiger partial charge in [-0.05, 0) is 37.1 Å². The zero-order chi connectivity index (χ0) is 16.9. The Bertz CT molecular complexity index is 756. The Kier molecular flexibility index (Phi) is 5.66. The lowest BCUT2D eigenvalue weighted by atomic mass is 10.2. The summed E-state index contributed by atoms with van der Waals surface area (Å²) in [6.45, 7) is 4.60.